The number of ether oxygens (including phenoxy) is 5. The number of carbonyl (C=O) groups excluding carboxylic acids is 1. The second kappa shape index (κ2) is 44.3. The van der Waals surface area contributed by atoms with Crippen LogP contribution in [-0.4, -0.2) is 76.6 Å². The Balaban J connectivity index is 4.12. The van der Waals surface area contributed by atoms with E-state index in [2.05, 4.69) is 67.4 Å². The number of allylic oxidation sites excluding steroid dienone is 8. The van der Waals surface area contributed by atoms with Gasteiger partial charge >= 0.3 is 5.97 Å². The predicted octanol–water partition coefficient (Wildman–Crippen LogP) is 13.6. The van der Waals surface area contributed by atoms with Crippen molar-refractivity contribution in [3.8, 4) is 0 Å². The molecule has 0 spiro atoms. The van der Waals surface area contributed by atoms with Gasteiger partial charge in [-0.3, -0.25) is 4.79 Å². The van der Waals surface area contributed by atoms with Crippen molar-refractivity contribution in [3.63, 3.8) is 0 Å². The molecule has 7 heteroatoms. The maximum absolute atomic E-state index is 12.6. The van der Waals surface area contributed by atoms with E-state index in [1.807, 2.05) is 27.9 Å². The largest absolute Gasteiger partial charge is 0.457 e. The lowest BCUT2D eigenvalue weighted by molar-refractivity contribution is -0.191. The van der Waals surface area contributed by atoms with E-state index in [0.717, 1.165) is 38.6 Å². The number of carbonyl (C=O) groups is 1. The molecule has 0 saturated carbocycles. The van der Waals surface area contributed by atoms with Crippen LogP contribution in [0.15, 0.2) is 48.6 Å². The summed E-state index contributed by atoms with van der Waals surface area (Å²) in [6.45, 7) is 10.9. The fourth-order valence-corrected chi connectivity index (χ4v) is 6.16. The highest BCUT2D eigenvalue weighted by atomic mass is 16.7. The van der Waals surface area contributed by atoms with Gasteiger partial charge in [-0.15, -0.1) is 0 Å². The quantitative estimate of drug-likeness (QED) is 0.0264. The molecule has 0 aromatic heterocycles. The first-order valence-electron chi connectivity index (χ1n) is 23.3. The lowest BCUT2D eigenvalue weighted by atomic mass is 10.1. The molecule has 0 aromatic rings. The zero-order valence-electron chi connectivity index (χ0n) is 37.7. The van der Waals surface area contributed by atoms with Gasteiger partial charge in [0, 0.05) is 19.6 Å². The summed E-state index contributed by atoms with van der Waals surface area (Å²) in [5.74, 6) is -0.228. The van der Waals surface area contributed by atoms with E-state index in [9.17, 15) is 4.79 Å². The van der Waals surface area contributed by atoms with Crippen LogP contribution in [0.1, 0.15) is 195 Å². The summed E-state index contributed by atoms with van der Waals surface area (Å²) in [5, 5.41) is 0. The van der Waals surface area contributed by atoms with Gasteiger partial charge in [0.1, 0.15) is 6.10 Å². The topological polar surface area (TPSA) is 66.5 Å². The Morgan fingerprint density at radius 1 is 0.482 bits per heavy atom. The molecule has 0 radical (unpaired) electrons. The Kier molecular flexibility index (Phi) is 42.9. The van der Waals surface area contributed by atoms with Gasteiger partial charge in [0.05, 0.1) is 13.2 Å². The Morgan fingerprint density at radius 3 is 1.25 bits per heavy atom. The minimum atomic E-state index is -0.511. The zero-order chi connectivity index (χ0) is 41.0. The Hall–Kier alpha value is -1.77. The van der Waals surface area contributed by atoms with Gasteiger partial charge in [-0.1, -0.05) is 140 Å². The summed E-state index contributed by atoms with van der Waals surface area (Å²) in [6, 6.07) is 0. The molecule has 0 aromatic carbocycles. The van der Waals surface area contributed by atoms with E-state index >= 15 is 0 Å². The van der Waals surface area contributed by atoms with E-state index in [-0.39, 0.29) is 31.8 Å². The van der Waals surface area contributed by atoms with Crippen molar-refractivity contribution in [1.29, 1.82) is 0 Å². The minimum Gasteiger partial charge on any atom is -0.457 e. The van der Waals surface area contributed by atoms with Crippen molar-refractivity contribution in [2.45, 2.75) is 213 Å². The molecule has 0 aliphatic carbocycles. The average molecular weight is 790 g/mol. The van der Waals surface area contributed by atoms with E-state index in [1.54, 1.807) is 0 Å². The van der Waals surface area contributed by atoms with E-state index < -0.39 is 6.10 Å². The van der Waals surface area contributed by atoms with Crippen molar-refractivity contribution < 1.29 is 28.5 Å². The van der Waals surface area contributed by atoms with Gasteiger partial charge in [-0.25, -0.2) is 0 Å². The Bertz CT molecular complexity index is 872. The number of nitrogens with zero attached hydrogens (tertiary/aromatic N) is 1. The Morgan fingerprint density at radius 2 is 0.857 bits per heavy atom. The zero-order valence-corrected chi connectivity index (χ0v) is 37.7. The molecule has 2 unspecified atom stereocenters. The molecule has 0 bridgehead atoms. The molecule has 0 aliphatic heterocycles. The second-order valence-corrected chi connectivity index (χ2v) is 15.7. The SMILES string of the molecule is CCCCCC=CCC=CCCCCCCCCOC(C)OCC(COC(C)OCCCCCCCCC=CCC=CCCCCC)OC(=O)CCCN(C)C. The van der Waals surface area contributed by atoms with Crippen LogP contribution < -0.4 is 0 Å². The molecular formula is C49H91NO6. The van der Waals surface area contributed by atoms with Gasteiger partial charge in [-0.2, -0.15) is 0 Å². The maximum Gasteiger partial charge on any atom is 0.306 e. The number of hydrogen-bond acceptors (Lipinski definition) is 7. The van der Waals surface area contributed by atoms with Crippen LogP contribution in [0.4, 0.5) is 0 Å². The fourth-order valence-electron chi connectivity index (χ4n) is 6.16. The normalized spacial score (nSPS) is 14.0. The maximum atomic E-state index is 12.6. The van der Waals surface area contributed by atoms with Gasteiger partial charge in [0.25, 0.3) is 0 Å². The van der Waals surface area contributed by atoms with Crippen molar-refractivity contribution in [1.82, 2.24) is 4.90 Å². The van der Waals surface area contributed by atoms with Gasteiger partial charge in [0.15, 0.2) is 12.6 Å². The monoisotopic (exact) mass is 790 g/mol. The van der Waals surface area contributed by atoms with Crippen LogP contribution in [0.5, 0.6) is 0 Å². The molecule has 0 saturated heterocycles. The van der Waals surface area contributed by atoms with Crippen molar-refractivity contribution in [2.75, 3.05) is 47.1 Å². The first kappa shape index (κ1) is 54.2. The summed E-state index contributed by atoms with van der Waals surface area (Å²) in [4.78, 5) is 14.7. The molecular weight excluding hydrogens is 699 g/mol. The highest BCUT2D eigenvalue weighted by Gasteiger charge is 2.19. The summed E-state index contributed by atoms with van der Waals surface area (Å²) in [7, 11) is 4.01. The molecule has 0 rings (SSSR count). The second-order valence-electron chi connectivity index (χ2n) is 15.7. The van der Waals surface area contributed by atoms with Crippen LogP contribution in [0.25, 0.3) is 0 Å². The van der Waals surface area contributed by atoms with Crippen LogP contribution in [0.3, 0.4) is 0 Å². The molecule has 0 fully saturated rings. The summed E-state index contributed by atoms with van der Waals surface area (Å²) >= 11 is 0. The molecule has 56 heavy (non-hydrogen) atoms. The number of unbranched alkanes of at least 4 members (excludes halogenated alkanes) is 18. The Labute approximate surface area is 347 Å². The van der Waals surface area contributed by atoms with Crippen molar-refractivity contribution in [2.24, 2.45) is 0 Å². The number of rotatable bonds is 43. The highest BCUT2D eigenvalue weighted by molar-refractivity contribution is 5.69. The van der Waals surface area contributed by atoms with Crippen LogP contribution in [0, 0.1) is 0 Å². The lowest BCUT2D eigenvalue weighted by Gasteiger charge is -2.23. The first-order valence-corrected chi connectivity index (χ1v) is 23.3. The van der Waals surface area contributed by atoms with Gasteiger partial charge in [0.2, 0.25) is 0 Å². The minimum absolute atomic E-state index is 0.225. The molecule has 2 atom stereocenters. The third kappa shape index (κ3) is 43.4. The average Bonchev–Trinajstić information content (AvgIpc) is 3.18. The van der Waals surface area contributed by atoms with E-state index in [4.69, 9.17) is 23.7 Å². The molecule has 0 N–H and O–H groups in total. The standard InChI is InChI=1S/C49H91NO6/c1-7-9-11-13-15-17-19-21-23-25-27-29-31-33-35-37-42-52-46(3)54-44-48(56-49(51)40-39-41-50(5)6)45-55-47(4)53-43-38-36-34-32-30-28-26-24-22-20-18-16-14-12-10-8-2/h15-18,21-24,46-48H,7-14,19-20,25-45H2,1-6H3. The van der Waals surface area contributed by atoms with Gasteiger partial charge < -0.3 is 28.6 Å². The fraction of sp³-hybridized carbons (Fsp3) is 0.816. The van der Waals surface area contributed by atoms with Crippen molar-refractivity contribution in [3.05, 3.63) is 48.6 Å². The number of hydrogen-bond donors (Lipinski definition) is 0. The number of esters is 1. The van der Waals surface area contributed by atoms with Crippen LogP contribution in [0.2, 0.25) is 0 Å². The first-order chi connectivity index (χ1) is 27.4. The smallest absolute Gasteiger partial charge is 0.306 e. The van der Waals surface area contributed by atoms with E-state index in [0.29, 0.717) is 19.6 Å². The van der Waals surface area contributed by atoms with Crippen LogP contribution >= 0.6 is 0 Å². The molecule has 0 amide bonds. The highest BCUT2D eigenvalue weighted by Crippen LogP contribution is 2.12. The van der Waals surface area contributed by atoms with Gasteiger partial charge in [-0.05, 0) is 118 Å². The molecule has 7 nitrogen and oxygen atoms in total. The molecule has 0 aliphatic rings. The van der Waals surface area contributed by atoms with E-state index in [1.165, 1.54) is 128 Å². The summed E-state index contributed by atoms with van der Waals surface area (Å²) in [6.07, 6.45) is 47.7. The van der Waals surface area contributed by atoms with Crippen molar-refractivity contribution >= 4 is 5.97 Å². The summed E-state index contributed by atoms with van der Waals surface area (Å²) < 4.78 is 29.5. The third-order valence-electron chi connectivity index (χ3n) is 9.71. The third-order valence-corrected chi connectivity index (χ3v) is 9.71. The van der Waals surface area contributed by atoms with Crippen LogP contribution in [-0.2, 0) is 28.5 Å². The molecule has 328 valence electrons. The summed E-state index contributed by atoms with van der Waals surface area (Å²) in [5.41, 5.74) is 0. The predicted molar refractivity (Wildman–Crippen MR) is 239 cm³/mol. The molecule has 0 heterocycles. The lowest BCUT2D eigenvalue weighted by Crippen LogP contribution is -2.33.